The number of benzene rings is 2. The van der Waals surface area contributed by atoms with Crippen molar-refractivity contribution in [3.63, 3.8) is 0 Å². The molecule has 5 heteroatoms. The van der Waals surface area contributed by atoms with Gasteiger partial charge < -0.3 is 10.6 Å². The maximum absolute atomic E-state index is 13.1. The number of amides is 1. The average molecular weight is 422 g/mol. The summed E-state index contributed by atoms with van der Waals surface area (Å²) in [6.45, 7) is 6.49. The van der Waals surface area contributed by atoms with Crippen molar-refractivity contribution in [1.29, 1.82) is 0 Å². The van der Waals surface area contributed by atoms with Crippen molar-refractivity contribution >= 4 is 39.8 Å². The SMILES string of the molecule is Cc1ccc(Nc2ncc(C(=O)N[C@@H]3CCC[C@H](C)[C@@H]3C)c3ccccc23)cc1Cl. The van der Waals surface area contributed by atoms with Crippen LogP contribution in [-0.4, -0.2) is 16.9 Å². The summed E-state index contributed by atoms with van der Waals surface area (Å²) < 4.78 is 0. The Hall–Kier alpha value is -2.59. The van der Waals surface area contributed by atoms with E-state index in [9.17, 15) is 4.79 Å². The van der Waals surface area contributed by atoms with Crippen LogP contribution in [0.1, 0.15) is 49.0 Å². The van der Waals surface area contributed by atoms with E-state index in [1.54, 1.807) is 6.20 Å². The molecule has 1 amide bonds. The first-order chi connectivity index (χ1) is 14.4. The third-order valence-corrected chi connectivity index (χ3v) is 6.90. The van der Waals surface area contributed by atoms with Gasteiger partial charge in [-0.25, -0.2) is 4.98 Å². The molecule has 3 aromatic rings. The van der Waals surface area contributed by atoms with Gasteiger partial charge in [0.15, 0.2) is 0 Å². The lowest BCUT2D eigenvalue weighted by molar-refractivity contribution is 0.0892. The maximum atomic E-state index is 13.1. The highest BCUT2D eigenvalue weighted by atomic mass is 35.5. The van der Waals surface area contributed by atoms with Crippen molar-refractivity contribution in [2.45, 2.75) is 46.1 Å². The van der Waals surface area contributed by atoms with Gasteiger partial charge in [0.25, 0.3) is 5.91 Å². The summed E-state index contributed by atoms with van der Waals surface area (Å²) in [4.78, 5) is 17.7. The minimum Gasteiger partial charge on any atom is -0.349 e. The van der Waals surface area contributed by atoms with E-state index < -0.39 is 0 Å². The second-order valence-corrected chi connectivity index (χ2v) is 8.91. The molecular weight excluding hydrogens is 394 g/mol. The number of hydrogen-bond donors (Lipinski definition) is 2. The van der Waals surface area contributed by atoms with Crippen molar-refractivity contribution in [2.75, 3.05) is 5.32 Å². The van der Waals surface area contributed by atoms with Crippen molar-refractivity contribution in [1.82, 2.24) is 10.3 Å². The van der Waals surface area contributed by atoms with Crippen LogP contribution in [0.4, 0.5) is 11.5 Å². The molecule has 4 nitrogen and oxygen atoms in total. The predicted molar refractivity (Wildman–Crippen MR) is 125 cm³/mol. The van der Waals surface area contributed by atoms with Gasteiger partial charge in [0.1, 0.15) is 5.82 Å². The molecule has 1 fully saturated rings. The Balaban J connectivity index is 1.63. The second-order valence-electron chi connectivity index (χ2n) is 8.50. The zero-order valence-corrected chi connectivity index (χ0v) is 18.5. The first kappa shape index (κ1) is 20.7. The first-order valence-electron chi connectivity index (χ1n) is 10.7. The zero-order chi connectivity index (χ0) is 21.3. The minimum atomic E-state index is -0.0467. The normalized spacial score (nSPS) is 21.4. The number of fused-ring (bicyclic) bond motifs is 1. The lowest BCUT2D eigenvalue weighted by Crippen LogP contribution is -2.43. The Kier molecular flexibility index (Phi) is 5.96. The van der Waals surface area contributed by atoms with Gasteiger partial charge in [-0.15, -0.1) is 0 Å². The number of hydrogen-bond acceptors (Lipinski definition) is 3. The second kappa shape index (κ2) is 8.65. The quantitative estimate of drug-likeness (QED) is 0.505. The molecule has 1 aromatic heterocycles. The van der Waals surface area contributed by atoms with Gasteiger partial charge in [-0.05, 0) is 48.3 Å². The van der Waals surface area contributed by atoms with Gasteiger partial charge in [-0.2, -0.15) is 0 Å². The van der Waals surface area contributed by atoms with E-state index in [0.29, 0.717) is 28.2 Å². The van der Waals surface area contributed by atoms with E-state index in [1.807, 2.05) is 49.4 Å². The molecule has 156 valence electrons. The van der Waals surface area contributed by atoms with Crippen LogP contribution in [0, 0.1) is 18.8 Å². The van der Waals surface area contributed by atoms with Crippen molar-refractivity contribution in [3.05, 3.63) is 64.8 Å². The molecule has 1 saturated carbocycles. The summed E-state index contributed by atoms with van der Waals surface area (Å²) in [5.74, 6) is 1.78. The highest BCUT2D eigenvalue weighted by Crippen LogP contribution is 2.31. The number of pyridine rings is 1. The Labute approximate surface area is 183 Å². The molecule has 3 atom stereocenters. The molecule has 0 aliphatic heterocycles. The minimum absolute atomic E-state index is 0.0467. The van der Waals surface area contributed by atoms with Crippen molar-refractivity contribution in [2.24, 2.45) is 11.8 Å². The molecule has 0 spiro atoms. The molecule has 2 N–H and O–H groups in total. The fourth-order valence-electron chi connectivity index (χ4n) is 4.31. The van der Waals surface area contributed by atoms with Crippen LogP contribution in [0.3, 0.4) is 0 Å². The van der Waals surface area contributed by atoms with Crippen LogP contribution < -0.4 is 10.6 Å². The van der Waals surface area contributed by atoms with Crippen molar-refractivity contribution < 1.29 is 4.79 Å². The van der Waals surface area contributed by atoms with E-state index in [2.05, 4.69) is 29.5 Å². The lowest BCUT2D eigenvalue weighted by atomic mass is 9.78. The number of nitrogens with zero attached hydrogens (tertiary/aromatic N) is 1. The molecule has 1 aliphatic rings. The number of carbonyl (C=O) groups excluding carboxylic acids is 1. The molecule has 2 aromatic carbocycles. The molecule has 1 aliphatic carbocycles. The van der Waals surface area contributed by atoms with Crippen LogP contribution in [0.2, 0.25) is 5.02 Å². The maximum Gasteiger partial charge on any atom is 0.253 e. The highest BCUT2D eigenvalue weighted by Gasteiger charge is 2.29. The smallest absolute Gasteiger partial charge is 0.253 e. The topological polar surface area (TPSA) is 54.0 Å². The van der Waals surface area contributed by atoms with Crippen LogP contribution in [-0.2, 0) is 0 Å². The van der Waals surface area contributed by atoms with Crippen molar-refractivity contribution in [3.8, 4) is 0 Å². The van der Waals surface area contributed by atoms with Gasteiger partial charge in [-0.1, -0.05) is 68.6 Å². The number of nitrogens with one attached hydrogen (secondary N) is 2. The van der Waals surface area contributed by atoms with E-state index in [4.69, 9.17) is 11.6 Å². The molecule has 30 heavy (non-hydrogen) atoms. The Morgan fingerprint density at radius 1 is 1.10 bits per heavy atom. The number of halogens is 1. The van der Waals surface area contributed by atoms with Gasteiger partial charge in [0.2, 0.25) is 0 Å². The molecule has 0 saturated heterocycles. The Bertz CT molecular complexity index is 1080. The number of rotatable bonds is 4. The standard InChI is InChI=1S/C25H28ClN3O/c1-15-7-6-10-23(17(15)3)29-25(30)21-14-27-24(20-9-5-4-8-19(20)21)28-18-12-11-16(2)22(26)13-18/h4-5,8-9,11-15,17,23H,6-7,10H2,1-3H3,(H,27,28)(H,29,30)/t15-,17-,23+/m0/s1. The Morgan fingerprint density at radius 3 is 2.63 bits per heavy atom. The van der Waals surface area contributed by atoms with E-state index in [1.165, 1.54) is 6.42 Å². The molecular formula is C25H28ClN3O. The summed E-state index contributed by atoms with van der Waals surface area (Å²) in [6.07, 6.45) is 5.11. The predicted octanol–water partition coefficient (Wildman–Crippen LogP) is 6.49. The molecule has 4 rings (SSSR count). The summed E-state index contributed by atoms with van der Waals surface area (Å²) in [7, 11) is 0. The van der Waals surface area contributed by atoms with Crippen LogP contribution in [0.5, 0.6) is 0 Å². The number of carbonyl (C=O) groups is 1. The summed E-state index contributed by atoms with van der Waals surface area (Å²) >= 11 is 6.27. The third-order valence-electron chi connectivity index (χ3n) is 6.50. The fourth-order valence-corrected chi connectivity index (χ4v) is 4.49. The summed E-state index contributed by atoms with van der Waals surface area (Å²) in [5, 5.41) is 9.13. The van der Waals surface area contributed by atoms with Gasteiger partial charge >= 0.3 is 0 Å². The largest absolute Gasteiger partial charge is 0.349 e. The summed E-state index contributed by atoms with van der Waals surface area (Å²) in [5.41, 5.74) is 2.51. The van der Waals surface area contributed by atoms with Gasteiger partial charge in [0, 0.05) is 28.3 Å². The van der Waals surface area contributed by atoms with Gasteiger partial charge in [0.05, 0.1) is 5.56 Å². The summed E-state index contributed by atoms with van der Waals surface area (Å²) in [6, 6.07) is 13.9. The van der Waals surface area contributed by atoms with Crippen LogP contribution in [0.15, 0.2) is 48.7 Å². The lowest BCUT2D eigenvalue weighted by Gasteiger charge is -2.34. The zero-order valence-electron chi connectivity index (χ0n) is 17.7. The number of anilines is 2. The van der Waals surface area contributed by atoms with E-state index >= 15 is 0 Å². The molecule has 0 unspecified atom stereocenters. The molecule has 0 bridgehead atoms. The van der Waals surface area contributed by atoms with E-state index in [-0.39, 0.29) is 11.9 Å². The number of aromatic nitrogens is 1. The van der Waals surface area contributed by atoms with Gasteiger partial charge in [-0.3, -0.25) is 4.79 Å². The highest BCUT2D eigenvalue weighted by molar-refractivity contribution is 6.31. The van der Waals surface area contributed by atoms with Crippen LogP contribution >= 0.6 is 11.6 Å². The average Bonchev–Trinajstić information content (AvgIpc) is 2.74. The third kappa shape index (κ3) is 4.15. The molecule has 1 heterocycles. The monoisotopic (exact) mass is 421 g/mol. The fraction of sp³-hybridized carbons (Fsp3) is 0.360. The first-order valence-corrected chi connectivity index (χ1v) is 11.0. The molecule has 0 radical (unpaired) electrons. The Morgan fingerprint density at radius 2 is 1.87 bits per heavy atom. The number of aryl methyl sites for hydroxylation is 1. The van der Waals surface area contributed by atoms with Crippen LogP contribution in [0.25, 0.3) is 10.8 Å². The van der Waals surface area contributed by atoms with E-state index in [0.717, 1.165) is 34.9 Å².